The monoisotopic (exact) mass is 443 g/mol. The predicted molar refractivity (Wildman–Crippen MR) is 119 cm³/mol. The van der Waals surface area contributed by atoms with Crippen LogP contribution >= 0.6 is 0 Å². The highest BCUT2D eigenvalue weighted by Crippen LogP contribution is 2.44. The zero-order valence-electron chi connectivity index (χ0n) is 18.5. The first-order valence-electron chi connectivity index (χ1n) is 10.5. The topological polar surface area (TPSA) is 93.0 Å². The van der Waals surface area contributed by atoms with Gasteiger partial charge in [0.2, 0.25) is 0 Å². The summed E-state index contributed by atoms with van der Waals surface area (Å²) in [6.07, 6.45) is 3.49. The van der Waals surface area contributed by atoms with Crippen LogP contribution in [0.15, 0.2) is 22.5 Å². The molecule has 0 aliphatic carbocycles. The zero-order valence-corrected chi connectivity index (χ0v) is 19.3. The number of unbranched alkanes of at least 4 members (excludes halogenated alkanes) is 2. The number of hydrogen-bond donors (Lipinski definition) is 1. The fraction of sp³-hybridized carbons (Fsp3) is 0.700. The van der Waals surface area contributed by atoms with E-state index in [2.05, 4.69) is 24.2 Å². The number of quaternary nitrogens is 1. The quantitative estimate of drug-likeness (QED) is 0.297. The van der Waals surface area contributed by atoms with Crippen molar-refractivity contribution in [3.05, 3.63) is 12.1 Å². The third kappa shape index (κ3) is 5.90. The Hall–Kier alpha value is -1.75. The Morgan fingerprint density at radius 3 is 2.20 bits per heavy atom. The molecule has 1 atom stereocenters. The van der Waals surface area contributed by atoms with Crippen LogP contribution in [-0.4, -0.2) is 67.4 Å². The minimum absolute atomic E-state index is 0.0812. The van der Waals surface area contributed by atoms with Gasteiger partial charge in [-0.15, -0.1) is 5.11 Å². The van der Waals surface area contributed by atoms with Gasteiger partial charge in [0.05, 0.1) is 53.6 Å². The van der Waals surface area contributed by atoms with Crippen LogP contribution in [0.3, 0.4) is 0 Å². The minimum Gasteiger partial charge on any atom is -0.494 e. The van der Waals surface area contributed by atoms with E-state index < -0.39 is 11.3 Å². The first-order chi connectivity index (χ1) is 14.5. The summed E-state index contributed by atoms with van der Waals surface area (Å²) < 4.78 is 39.5. The first-order valence-corrected chi connectivity index (χ1v) is 11.6. The van der Waals surface area contributed by atoms with Gasteiger partial charge in [0.25, 0.3) is 0 Å². The molecule has 0 amide bonds. The van der Waals surface area contributed by atoms with Gasteiger partial charge < -0.3 is 14.2 Å². The number of benzene rings is 1. The maximum atomic E-state index is 12.6. The molecule has 30 heavy (non-hydrogen) atoms. The Morgan fingerprint density at radius 1 is 1.10 bits per heavy atom. The van der Waals surface area contributed by atoms with E-state index in [1.54, 1.807) is 26.4 Å². The van der Waals surface area contributed by atoms with Crippen LogP contribution in [-0.2, 0) is 16.0 Å². The Balaban J connectivity index is 2.50. The normalized spacial score (nSPS) is 16.1. The SMILES string of the molecule is CCCC[N+](CCCC)(c1cc(OC)c(N=NN2CCOCC2)cc1OC)S(=O)O. The van der Waals surface area contributed by atoms with Gasteiger partial charge in [-0.05, 0) is 12.8 Å². The van der Waals surface area contributed by atoms with E-state index in [0.717, 1.165) is 25.7 Å². The van der Waals surface area contributed by atoms with Gasteiger partial charge in [-0.25, -0.2) is 0 Å². The maximum absolute atomic E-state index is 12.6. The molecule has 1 heterocycles. The van der Waals surface area contributed by atoms with Crippen molar-refractivity contribution in [2.45, 2.75) is 39.5 Å². The molecule has 1 fully saturated rings. The third-order valence-electron chi connectivity index (χ3n) is 5.23. The minimum atomic E-state index is -2.13. The fourth-order valence-electron chi connectivity index (χ4n) is 3.44. The molecule has 1 unspecified atom stereocenters. The molecular formula is C20H35N4O5S+. The average Bonchev–Trinajstić information content (AvgIpc) is 2.78. The number of methoxy groups -OCH3 is 2. The van der Waals surface area contributed by atoms with Crippen molar-refractivity contribution in [1.82, 2.24) is 8.90 Å². The fourth-order valence-corrected chi connectivity index (χ4v) is 4.32. The van der Waals surface area contributed by atoms with E-state index in [1.165, 1.54) is 0 Å². The van der Waals surface area contributed by atoms with Gasteiger partial charge in [0.1, 0.15) is 5.69 Å². The van der Waals surface area contributed by atoms with Crippen LogP contribution in [0.4, 0.5) is 11.4 Å². The van der Waals surface area contributed by atoms with Gasteiger partial charge in [0.15, 0.2) is 17.2 Å². The van der Waals surface area contributed by atoms with Crippen LogP contribution < -0.4 is 13.4 Å². The molecule has 170 valence electrons. The van der Waals surface area contributed by atoms with E-state index in [0.29, 0.717) is 62.3 Å². The van der Waals surface area contributed by atoms with Crippen LogP contribution in [0.1, 0.15) is 39.5 Å². The van der Waals surface area contributed by atoms with Gasteiger partial charge >= 0.3 is 11.3 Å². The average molecular weight is 444 g/mol. The molecule has 0 aromatic heterocycles. The van der Waals surface area contributed by atoms with Crippen LogP contribution in [0, 0.1) is 0 Å². The first kappa shape index (κ1) is 24.5. The molecule has 0 bridgehead atoms. The maximum Gasteiger partial charge on any atom is 0.363 e. The standard InChI is InChI=1S/C20H34N4O5S/c1-5-7-11-24(30(25)26,12-8-6-2)18-16-19(27-3)17(15-20(18)28-4)21-22-23-9-13-29-14-10-23/h15-16H,5-14H2,1-4H3/p+1. The predicted octanol–water partition coefficient (Wildman–Crippen LogP) is 4.08. The second-order valence-corrected chi connectivity index (χ2v) is 8.39. The van der Waals surface area contributed by atoms with Crippen LogP contribution in [0.25, 0.3) is 0 Å². The summed E-state index contributed by atoms with van der Waals surface area (Å²) in [6.45, 7) is 7.81. The van der Waals surface area contributed by atoms with E-state index in [9.17, 15) is 8.76 Å². The molecule has 1 aromatic carbocycles. The lowest BCUT2D eigenvalue weighted by atomic mass is 10.2. The summed E-state index contributed by atoms with van der Waals surface area (Å²) in [5.74, 6) is 0.991. The van der Waals surface area contributed by atoms with Gasteiger partial charge in [-0.3, -0.25) is 9.56 Å². The highest BCUT2D eigenvalue weighted by Gasteiger charge is 2.40. The highest BCUT2D eigenvalue weighted by molar-refractivity contribution is 7.78. The summed E-state index contributed by atoms with van der Waals surface area (Å²) in [6, 6.07) is 3.50. The molecule has 1 aromatic rings. The Kier molecular flexibility index (Phi) is 9.96. The molecule has 0 saturated carbocycles. The second kappa shape index (κ2) is 12.2. The van der Waals surface area contributed by atoms with Gasteiger partial charge in [0, 0.05) is 12.1 Å². The lowest BCUT2D eigenvalue weighted by molar-refractivity contribution is 0.0353. The molecule has 1 aliphatic heterocycles. The van der Waals surface area contributed by atoms with Crippen molar-refractivity contribution in [3.63, 3.8) is 0 Å². The Morgan fingerprint density at radius 2 is 1.70 bits per heavy atom. The number of ether oxygens (including phenoxy) is 3. The molecule has 0 radical (unpaired) electrons. The number of nitrogens with zero attached hydrogens (tertiary/aromatic N) is 4. The summed E-state index contributed by atoms with van der Waals surface area (Å²) >= 11 is -2.13. The van der Waals surface area contributed by atoms with Crippen molar-refractivity contribution < 1.29 is 23.0 Å². The zero-order chi connectivity index (χ0) is 22.0. The van der Waals surface area contributed by atoms with Crippen molar-refractivity contribution in [2.75, 3.05) is 53.6 Å². The Labute approximate surface area is 182 Å². The van der Waals surface area contributed by atoms with Crippen molar-refractivity contribution in [1.29, 1.82) is 0 Å². The molecule has 0 spiro atoms. The number of hydrogen-bond acceptors (Lipinski definition) is 6. The highest BCUT2D eigenvalue weighted by atomic mass is 32.2. The molecule has 1 saturated heterocycles. The summed E-state index contributed by atoms with van der Waals surface area (Å²) in [4.78, 5) is 0. The lowest BCUT2D eigenvalue weighted by Gasteiger charge is -2.34. The third-order valence-corrected chi connectivity index (χ3v) is 6.39. The smallest absolute Gasteiger partial charge is 0.363 e. The molecule has 2 rings (SSSR count). The molecule has 1 aliphatic rings. The van der Waals surface area contributed by atoms with E-state index in [1.807, 2.05) is 5.01 Å². The molecule has 1 N–H and O–H groups in total. The van der Waals surface area contributed by atoms with E-state index in [-0.39, 0.29) is 3.89 Å². The van der Waals surface area contributed by atoms with Gasteiger partial charge in [-0.1, -0.05) is 31.9 Å². The van der Waals surface area contributed by atoms with E-state index >= 15 is 0 Å². The summed E-state index contributed by atoms with van der Waals surface area (Å²) in [5.41, 5.74) is 1.14. The largest absolute Gasteiger partial charge is 0.494 e. The molecule has 9 nitrogen and oxygen atoms in total. The molecule has 10 heteroatoms. The number of rotatable bonds is 12. The molecular weight excluding hydrogens is 408 g/mol. The van der Waals surface area contributed by atoms with Crippen LogP contribution in [0.5, 0.6) is 11.5 Å². The van der Waals surface area contributed by atoms with Crippen molar-refractivity contribution in [2.24, 2.45) is 10.3 Å². The Bertz CT molecular complexity index is 717. The van der Waals surface area contributed by atoms with Crippen molar-refractivity contribution in [3.8, 4) is 11.5 Å². The summed E-state index contributed by atoms with van der Waals surface area (Å²) in [5, 5.41) is 10.5. The lowest BCUT2D eigenvalue weighted by Crippen LogP contribution is -2.52. The van der Waals surface area contributed by atoms with E-state index in [4.69, 9.17) is 14.2 Å². The summed E-state index contributed by atoms with van der Waals surface area (Å²) in [7, 11) is 3.12. The number of morpholine rings is 1. The second-order valence-electron chi connectivity index (χ2n) is 7.23. The van der Waals surface area contributed by atoms with Crippen molar-refractivity contribution >= 4 is 22.6 Å². The van der Waals surface area contributed by atoms with Gasteiger partial charge in [-0.2, -0.15) is 8.10 Å². The van der Waals surface area contributed by atoms with Crippen LogP contribution in [0.2, 0.25) is 0 Å².